The summed E-state index contributed by atoms with van der Waals surface area (Å²) in [6.45, 7) is 3.92. The van der Waals surface area contributed by atoms with Gasteiger partial charge < -0.3 is 5.32 Å². The van der Waals surface area contributed by atoms with E-state index >= 15 is 0 Å². The van der Waals surface area contributed by atoms with Gasteiger partial charge in [0.05, 0.1) is 0 Å². The predicted molar refractivity (Wildman–Crippen MR) is 80.0 cm³/mol. The summed E-state index contributed by atoms with van der Waals surface area (Å²) < 4.78 is 1.85. The van der Waals surface area contributed by atoms with Crippen LogP contribution >= 0.6 is 0 Å². The minimum absolute atomic E-state index is 0.203. The molecular weight excluding hydrogens is 248 g/mol. The van der Waals surface area contributed by atoms with Crippen molar-refractivity contribution in [3.05, 3.63) is 58.9 Å². The minimum atomic E-state index is 0.203. The smallest absolute Gasteiger partial charge is 0.231 e. The number of carbonyl (C=O) groups is 1. The fourth-order valence-electron chi connectivity index (χ4n) is 2.74. The Balaban J connectivity index is 1.67. The maximum Gasteiger partial charge on any atom is 0.231 e. The molecule has 1 N–H and O–H groups in total. The Bertz CT molecular complexity index is 610. The van der Waals surface area contributed by atoms with Crippen LogP contribution in [0.3, 0.4) is 0 Å². The Morgan fingerprint density at radius 1 is 1.25 bits per heavy atom. The Kier molecular flexibility index (Phi) is 3.70. The maximum atomic E-state index is 12.4. The summed E-state index contributed by atoms with van der Waals surface area (Å²) in [5.41, 5.74) is 4.94. The molecule has 1 aromatic heterocycles. The molecule has 0 atom stereocenters. The second-order valence-corrected chi connectivity index (χ2v) is 5.46. The van der Waals surface area contributed by atoms with Gasteiger partial charge in [0.25, 0.3) is 0 Å². The van der Waals surface area contributed by atoms with Crippen molar-refractivity contribution in [2.45, 2.75) is 32.7 Å². The van der Waals surface area contributed by atoms with Crippen molar-refractivity contribution < 1.29 is 4.79 Å². The molecule has 2 aromatic rings. The summed E-state index contributed by atoms with van der Waals surface area (Å²) in [6.07, 6.45) is 4.25. The van der Waals surface area contributed by atoms with Gasteiger partial charge in [-0.05, 0) is 30.5 Å². The first-order chi connectivity index (χ1) is 9.74. The Morgan fingerprint density at radius 2 is 2.05 bits per heavy atom. The second kappa shape index (κ2) is 5.63. The van der Waals surface area contributed by atoms with E-state index in [9.17, 15) is 4.79 Å². The van der Waals surface area contributed by atoms with Gasteiger partial charge in [-0.2, -0.15) is 0 Å². The molecule has 1 aromatic carbocycles. The molecule has 104 valence electrons. The van der Waals surface area contributed by atoms with Crippen LogP contribution in [0.5, 0.6) is 0 Å². The first-order valence-corrected chi connectivity index (χ1v) is 7.22. The zero-order valence-corrected chi connectivity index (χ0v) is 11.9. The van der Waals surface area contributed by atoms with E-state index in [2.05, 4.69) is 42.6 Å². The first-order valence-electron chi connectivity index (χ1n) is 7.22. The largest absolute Gasteiger partial charge is 0.312 e. The van der Waals surface area contributed by atoms with Crippen molar-refractivity contribution in [2.75, 3.05) is 6.54 Å². The molecule has 0 amide bonds. The average Bonchev–Trinajstić information content (AvgIpc) is 2.90. The van der Waals surface area contributed by atoms with Gasteiger partial charge in [-0.1, -0.05) is 29.8 Å². The van der Waals surface area contributed by atoms with Crippen molar-refractivity contribution >= 4 is 5.91 Å². The number of rotatable bonds is 3. The summed E-state index contributed by atoms with van der Waals surface area (Å²) in [4.78, 5) is 12.4. The van der Waals surface area contributed by atoms with Gasteiger partial charge in [0.1, 0.15) is 0 Å². The lowest BCUT2D eigenvalue weighted by molar-refractivity contribution is 0.0899. The lowest BCUT2D eigenvalue weighted by atomic mass is 10.1. The molecule has 3 nitrogen and oxygen atoms in total. The van der Waals surface area contributed by atoms with Crippen molar-refractivity contribution in [1.82, 2.24) is 9.88 Å². The summed E-state index contributed by atoms with van der Waals surface area (Å²) in [5.74, 6) is 0.203. The molecule has 0 unspecified atom stereocenters. The van der Waals surface area contributed by atoms with Crippen LogP contribution < -0.4 is 5.32 Å². The number of aromatic nitrogens is 1. The van der Waals surface area contributed by atoms with Crippen LogP contribution in [0.15, 0.2) is 36.5 Å². The molecule has 3 heteroatoms. The van der Waals surface area contributed by atoms with Gasteiger partial charge in [-0.25, -0.2) is 0 Å². The third kappa shape index (κ3) is 2.68. The highest BCUT2D eigenvalue weighted by Crippen LogP contribution is 2.16. The van der Waals surface area contributed by atoms with E-state index in [-0.39, 0.29) is 5.91 Å². The van der Waals surface area contributed by atoms with Crippen LogP contribution in [0.4, 0.5) is 0 Å². The number of nitrogens with one attached hydrogen (secondary N) is 1. The number of hydrogen-bond acceptors (Lipinski definition) is 2. The number of carbonyl (C=O) groups excluding carboxylic acids is 1. The molecule has 0 saturated carbocycles. The normalized spacial score (nSPS) is 14.1. The lowest BCUT2D eigenvalue weighted by Gasteiger charge is -2.16. The van der Waals surface area contributed by atoms with Gasteiger partial charge in [0.2, 0.25) is 5.91 Å². The van der Waals surface area contributed by atoms with E-state index in [1.807, 2.05) is 10.8 Å². The quantitative estimate of drug-likeness (QED) is 0.928. The minimum Gasteiger partial charge on any atom is -0.312 e. The second-order valence-electron chi connectivity index (χ2n) is 5.46. The molecule has 2 heterocycles. The molecule has 3 rings (SSSR count). The van der Waals surface area contributed by atoms with Crippen LogP contribution in [0.25, 0.3) is 0 Å². The SMILES string of the molecule is Cc1ccc(CCC(=O)n2ccc3c2CCNC3)cc1. The van der Waals surface area contributed by atoms with E-state index in [4.69, 9.17) is 0 Å². The molecule has 0 fully saturated rings. The average molecular weight is 268 g/mol. The van der Waals surface area contributed by atoms with Gasteiger partial charge in [0, 0.05) is 37.8 Å². The van der Waals surface area contributed by atoms with Crippen LogP contribution in [-0.2, 0) is 19.4 Å². The lowest BCUT2D eigenvalue weighted by Crippen LogP contribution is -2.26. The highest BCUT2D eigenvalue weighted by Gasteiger charge is 2.16. The van der Waals surface area contributed by atoms with Crippen molar-refractivity contribution in [1.29, 1.82) is 0 Å². The third-order valence-corrected chi connectivity index (χ3v) is 3.96. The number of hydrogen-bond donors (Lipinski definition) is 1. The van der Waals surface area contributed by atoms with Crippen molar-refractivity contribution in [3.8, 4) is 0 Å². The molecule has 0 radical (unpaired) electrons. The monoisotopic (exact) mass is 268 g/mol. The Morgan fingerprint density at radius 3 is 2.85 bits per heavy atom. The molecule has 0 spiro atoms. The van der Waals surface area contributed by atoms with E-state index in [1.165, 1.54) is 22.4 Å². The fourth-order valence-corrected chi connectivity index (χ4v) is 2.74. The number of aryl methyl sites for hydroxylation is 2. The number of nitrogens with zero attached hydrogens (tertiary/aromatic N) is 1. The Labute approximate surface area is 119 Å². The number of fused-ring (bicyclic) bond motifs is 1. The maximum absolute atomic E-state index is 12.4. The van der Waals surface area contributed by atoms with Crippen LogP contribution in [-0.4, -0.2) is 17.0 Å². The number of benzene rings is 1. The van der Waals surface area contributed by atoms with E-state index < -0.39 is 0 Å². The first kappa shape index (κ1) is 13.1. The predicted octanol–water partition coefficient (Wildman–Crippen LogP) is 2.72. The highest BCUT2D eigenvalue weighted by atomic mass is 16.2. The fraction of sp³-hybridized carbons (Fsp3) is 0.353. The summed E-state index contributed by atoms with van der Waals surface area (Å²) in [7, 11) is 0. The zero-order valence-electron chi connectivity index (χ0n) is 11.9. The van der Waals surface area contributed by atoms with Crippen LogP contribution in [0.1, 0.15) is 33.6 Å². The Hall–Kier alpha value is -1.87. The van der Waals surface area contributed by atoms with Crippen LogP contribution in [0, 0.1) is 6.92 Å². The molecule has 20 heavy (non-hydrogen) atoms. The molecular formula is C17H20N2O. The van der Waals surface area contributed by atoms with Crippen LogP contribution in [0.2, 0.25) is 0 Å². The highest BCUT2D eigenvalue weighted by molar-refractivity contribution is 5.80. The van der Waals surface area contributed by atoms with Gasteiger partial charge in [0.15, 0.2) is 0 Å². The van der Waals surface area contributed by atoms with E-state index in [0.29, 0.717) is 6.42 Å². The van der Waals surface area contributed by atoms with Gasteiger partial charge >= 0.3 is 0 Å². The third-order valence-electron chi connectivity index (χ3n) is 3.96. The van der Waals surface area contributed by atoms with Gasteiger partial charge in [-0.15, -0.1) is 0 Å². The molecule has 1 aliphatic heterocycles. The summed E-state index contributed by atoms with van der Waals surface area (Å²) in [6, 6.07) is 10.5. The van der Waals surface area contributed by atoms with Gasteiger partial charge in [-0.3, -0.25) is 9.36 Å². The van der Waals surface area contributed by atoms with Crippen molar-refractivity contribution in [2.24, 2.45) is 0 Å². The van der Waals surface area contributed by atoms with E-state index in [1.54, 1.807) is 0 Å². The molecule has 0 bridgehead atoms. The summed E-state index contributed by atoms with van der Waals surface area (Å²) in [5, 5.41) is 3.33. The molecule has 0 saturated heterocycles. The van der Waals surface area contributed by atoms with Crippen molar-refractivity contribution in [3.63, 3.8) is 0 Å². The molecule has 1 aliphatic rings. The zero-order chi connectivity index (χ0) is 13.9. The molecule has 0 aliphatic carbocycles. The topological polar surface area (TPSA) is 34.0 Å². The van der Waals surface area contributed by atoms with E-state index in [0.717, 1.165) is 25.9 Å². The standard InChI is InChI=1S/C17H20N2O/c1-13-2-4-14(5-3-13)6-7-17(20)19-11-9-15-12-18-10-8-16(15)19/h2-5,9,11,18H,6-8,10,12H2,1H3. The summed E-state index contributed by atoms with van der Waals surface area (Å²) >= 11 is 0.